The van der Waals surface area contributed by atoms with Gasteiger partial charge in [-0.3, -0.25) is 23.4 Å². The van der Waals surface area contributed by atoms with Crippen molar-refractivity contribution >= 4 is 61.7 Å². The minimum atomic E-state index is -5.37. The molecule has 0 spiro atoms. The van der Waals surface area contributed by atoms with Gasteiger partial charge in [-0.05, 0) is 0 Å². The van der Waals surface area contributed by atoms with Crippen molar-refractivity contribution in [1.29, 1.82) is 0 Å². The van der Waals surface area contributed by atoms with Crippen LogP contribution in [0, 0.1) is 5.41 Å². The summed E-state index contributed by atoms with van der Waals surface area (Å²) in [5, 5.41) is 39.1. The lowest BCUT2D eigenvalue weighted by Gasteiger charge is -2.30. The Labute approximate surface area is 280 Å². The topological polar surface area (TPSA) is 315 Å². The summed E-state index contributed by atoms with van der Waals surface area (Å²) in [6.45, 7) is 2.37. The van der Waals surface area contributed by atoms with Crippen LogP contribution in [0.15, 0.2) is 6.33 Å². The summed E-state index contributed by atoms with van der Waals surface area (Å²) in [4.78, 5) is 64.5. The van der Waals surface area contributed by atoms with E-state index in [9.17, 15) is 48.6 Å². The van der Waals surface area contributed by atoms with Crippen molar-refractivity contribution in [3.05, 3.63) is 6.33 Å². The van der Waals surface area contributed by atoms with Gasteiger partial charge in [-0.15, -0.1) is 0 Å². The van der Waals surface area contributed by atoms with Crippen molar-refractivity contribution in [1.82, 2.24) is 20.6 Å². The molecule has 1 fully saturated rings. The van der Waals surface area contributed by atoms with E-state index in [1.165, 1.54) is 32.7 Å². The Morgan fingerprint density at radius 1 is 1.12 bits per heavy atom. The highest BCUT2D eigenvalue weighted by atomic mass is 32.2. The van der Waals surface area contributed by atoms with E-state index in [0.717, 1.165) is 18.1 Å². The Hall–Kier alpha value is -2.46. The Morgan fingerprint density at radius 3 is 2.40 bits per heavy atom. The zero-order valence-corrected chi connectivity index (χ0v) is 29.4. The summed E-state index contributed by atoms with van der Waals surface area (Å²) in [6.07, 6.45) is -6.65. The number of nitrogens with one attached hydrogen (secondary N) is 3. The number of phosphoric acid groups is 2. The maximum absolute atomic E-state index is 12.5. The van der Waals surface area contributed by atoms with Gasteiger partial charge >= 0.3 is 15.6 Å². The van der Waals surface area contributed by atoms with Crippen LogP contribution in [0.1, 0.15) is 27.2 Å². The van der Waals surface area contributed by atoms with Crippen LogP contribution in [0.4, 0.5) is 17.3 Å². The van der Waals surface area contributed by atoms with Crippen LogP contribution in [-0.2, 0) is 41.6 Å². The fourth-order valence-corrected chi connectivity index (χ4v) is 6.84. The van der Waals surface area contributed by atoms with Crippen molar-refractivity contribution in [2.24, 2.45) is 5.41 Å². The molecule has 48 heavy (non-hydrogen) atoms. The molecule has 1 aromatic rings. The normalized spacial score (nSPS) is 22.6. The third-order valence-electron chi connectivity index (χ3n) is 6.74. The van der Waals surface area contributed by atoms with Crippen LogP contribution in [0.2, 0.25) is 0 Å². The number of anilines is 3. The van der Waals surface area contributed by atoms with E-state index in [2.05, 4.69) is 30.2 Å². The first kappa shape index (κ1) is 41.7. The summed E-state index contributed by atoms with van der Waals surface area (Å²) in [7, 11) is -7.70. The number of nitrogen functional groups attached to an aromatic ring is 1. The predicted molar refractivity (Wildman–Crippen MR) is 171 cm³/mol. The first-order chi connectivity index (χ1) is 22.2. The van der Waals surface area contributed by atoms with E-state index in [0.29, 0.717) is 11.4 Å². The highest BCUT2D eigenvalue weighted by Crippen LogP contribution is 2.61. The number of nitrogens with two attached hydrogens (primary N) is 1. The van der Waals surface area contributed by atoms with E-state index in [1.807, 2.05) is 0 Å². The molecule has 7 unspecified atom stereocenters. The smallest absolute Gasteiger partial charge is 0.387 e. The van der Waals surface area contributed by atoms with Gasteiger partial charge in [0, 0.05) is 51.7 Å². The molecule has 0 saturated carbocycles. The molecule has 10 N–H and O–H groups in total. The van der Waals surface area contributed by atoms with Gasteiger partial charge in [-0.25, -0.2) is 19.1 Å². The molecule has 274 valence electrons. The van der Waals surface area contributed by atoms with Crippen LogP contribution in [0.3, 0.4) is 0 Å². The van der Waals surface area contributed by atoms with Crippen LogP contribution in [-0.4, -0.2) is 129 Å². The molecule has 0 aliphatic carbocycles. The van der Waals surface area contributed by atoms with E-state index in [1.54, 1.807) is 7.05 Å². The van der Waals surface area contributed by atoms with Gasteiger partial charge in [0.15, 0.2) is 23.0 Å². The highest BCUT2D eigenvalue weighted by molar-refractivity contribution is 8.13. The number of thioether (sulfide) groups is 1. The Morgan fingerprint density at radius 2 is 1.77 bits per heavy atom. The monoisotopic (exact) mass is 747 g/mol. The molecule has 2 amide bonds. The zero-order chi connectivity index (χ0) is 36.4. The van der Waals surface area contributed by atoms with Crippen molar-refractivity contribution in [3.8, 4) is 0 Å². The van der Waals surface area contributed by atoms with E-state index < -0.39 is 76.7 Å². The number of likely N-dealkylation sites (N-methyl/N-ethyl adjacent to an activating group) is 1. The molecule has 1 aliphatic rings. The lowest BCUT2D eigenvalue weighted by molar-refractivity contribution is -0.137. The van der Waals surface area contributed by atoms with Gasteiger partial charge in [0.25, 0.3) is 0 Å². The third-order valence-corrected chi connectivity index (χ3v) is 10.1. The van der Waals surface area contributed by atoms with Crippen molar-refractivity contribution < 1.29 is 66.7 Å². The minimum absolute atomic E-state index is 0.0907. The fourth-order valence-electron chi connectivity index (χ4n) is 4.10. The predicted octanol–water partition coefficient (Wildman–Crippen LogP) is -1.48. The number of carbonyl (C=O) groups excluding carboxylic acids is 3. The molecule has 0 bridgehead atoms. The van der Waals surface area contributed by atoms with Crippen molar-refractivity contribution in [2.45, 2.75) is 57.8 Å². The van der Waals surface area contributed by atoms with Gasteiger partial charge in [-0.2, -0.15) is 4.31 Å². The standard InChI is InChI=1S/C24H43N7O14P2S/c1-13(32)48-9-8-27-15(33)6-7-28-22(37)19(36)24(2,3)11-43-47(40,41)45-46(38,39)42-10-14-17(34)18(35)23(44-14)31(5)21-16(26-4)20(25)29-12-30-21/h12,14,17-19,23,26,34-36H,6-11H2,1-5H3,(H,27,33)(H,28,37)(H,38,39)(H,40,41)(H2,25,29,30). The molecule has 0 radical (unpaired) electrons. The molecule has 7 atom stereocenters. The van der Waals surface area contributed by atoms with Gasteiger partial charge in [0.05, 0.1) is 13.2 Å². The molecule has 1 aliphatic heterocycles. The lowest BCUT2D eigenvalue weighted by Crippen LogP contribution is -2.46. The second-order valence-electron chi connectivity index (χ2n) is 11.1. The van der Waals surface area contributed by atoms with Crippen LogP contribution >= 0.6 is 27.4 Å². The molecule has 1 aromatic heterocycles. The molecule has 21 nitrogen and oxygen atoms in total. The van der Waals surface area contributed by atoms with Gasteiger partial charge in [0.2, 0.25) is 11.8 Å². The van der Waals surface area contributed by atoms with E-state index in [4.69, 9.17) is 19.5 Å². The molecule has 2 heterocycles. The number of hydrogen-bond acceptors (Lipinski definition) is 18. The lowest BCUT2D eigenvalue weighted by atomic mass is 9.87. The summed E-state index contributed by atoms with van der Waals surface area (Å²) in [6, 6.07) is 0. The van der Waals surface area contributed by atoms with E-state index in [-0.39, 0.29) is 36.3 Å². The maximum Gasteiger partial charge on any atom is 0.481 e. The number of aliphatic hydroxyl groups is 3. The van der Waals surface area contributed by atoms with Crippen molar-refractivity contribution in [3.63, 3.8) is 0 Å². The van der Waals surface area contributed by atoms with Crippen LogP contribution in [0.5, 0.6) is 0 Å². The zero-order valence-electron chi connectivity index (χ0n) is 26.8. The molecule has 1 saturated heterocycles. The summed E-state index contributed by atoms with van der Waals surface area (Å²) >= 11 is 1.04. The number of nitrogens with zero attached hydrogens (tertiary/aromatic N) is 3. The molecular weight excluding hydrogens is 704 g/mol. The number of hydrogen-bond donors (Lipinski definition) is 9. The molecule has 2 rings (SSSR count). The number of aliphatic hydroxyl groups excluding tert-OH is 3. The number of amides is 2. The van der Waals surface area contributed by atoms with Gasteiger partial charge in [0.1, 0.15) is 36.4 Å². The number of aromatic nitrogens is 2. The minimum Gasteiger partial charge on any atom is -0.387 e. The first-order valence-electron chi connectivity index (χ1n) is 14.3. The van der Waals surface area contributed by atoms with Gasteiger partial charge in [-0.1, -0.05) is 25.6 Å². The Kier molecular flexibility index (Phi) is 15.6. The number of rotatable bonds is 19. The van der Waals surface area contributed by atoms with Gasteiger partial charge < -0.3 is 56.4 Å². The summed E-state index contributed by atoms with van der Waals surface area (Å²) in [5.74, 6) is -0.660. The molecule has 0 aromatic carbocycles. The van der Waals surface area contributed by atoms with E-state index >= 15 is 0 Å². The second-order valence-corrected chi connectivity index (χ2v) is 15.4. The SMILES string of the molecule is CNc1c(N)ncnc1N(C)C1OC(COP(=O)(O)OP(=O)(O)OCC(C)(C)C(O)C(=O)NCCC(=O)NCCSC(C)=O)C(O)C1O. The first-order valence-corrected chi connectivity index (χ1v) is 18.2. The Bertz CT molecular complexity index is 1380. The largest absolute Gasteiger partial charge is 0.481 e. The Balaban J connectivity index is 1.86. The maximum atomic E-state index is 12.5. The summed E-state index contributed by atoms with van der Waals surface area (Å²) in [5.41, 5.74) is 4.59. The average Bonchev–Trinajstić information content (AvgIpc) is 3.28. The third kappa shape index (κ3) is 12.5. The van der Waals surface area contributed by atoms with Crippen molar-refractivity contribution in [2.75, 3.05) is 62.1 Å². The highest BCUT2D eigenvalue weighted by Gasteiger charge is 2.47. The summed E-state index contributed by atoms with van der Waals surface area (Å²) < 4.78 is 44.3. The van der Waals surface area contributed by atoms with Crippen LogP contribution in [0.25, 0.3) is 0 Å². The number of carbonyl (C=O) groups is 3. The number of ether oxygens (including phenoxy) is 1. The molecular formula is C24H43N7O14P2S. The second kappa shape index (κ2) is 18.0. The fraction of sp³-hybridized carbons (Fsp3) is 0.708. The number of phosphoric ester groups is 2. The average molecular weight is 748 g/mol. The quantitative estimate of drug-likeness (QED) is 0.0576. The molecule has 24 heteroatoms. The van der Waals surface area contributed by atoms with Crippen LogP contribution < -0.4 is 26.6 Å².